The zero-order valence-electron chi connectivity index (χ0n) is 10.9. The van der Waals surface area contributed by atoms with Crippen LogP contribution < -0.4 is 10.5 Å². The second-order valence-electron chi connectivity index (χ2n) is 5.03. The molecule has 5 nitrogen and oxygen atoms in total. The normalized spacial score (nSPS) is 15.7. The van der Waals surface area contributed by atoms with Gasteiger partial charge in [0.25, 0.3) is 5.91 Å². The fraction of sp³-hybridized carbons (Fsp3) is 0.462. The zero-order chi connectivity index (χ0) is 14.8. The maximum Gasteiger partial charge on any atom is 0.251 e. The molecule has 0 saturated heterocycles. The first-order chi connectivity index (χ1) is 9.38. The molecule has 0 aromatic heterocycles. The molecule has 0 aliphatic heterocycles. The minimum absolute atomic E-state index is 0.0125. The van der Waals surface area contributed by atoms with Gasteiger partial charge in [-0.25, -0.2) is 13.6 Å². The fourth-order valence-electron chi connectivity index (χ4n) is 2.14. The first kappa shape index (κ1) is 15.3. The van der Waals surface area contributed by atoms with Gasteiger partial charge in [-0.3, -0.25) is 4.79 Å². The average molecular weight is 317 g/mol. The summed E-state index contributed by atoms with van der Waals surface area (Å²) in [5, 5.41) is 7.84. The molecular weight excluding hydrogens is 300 g/mol. The summed E-state index contributed by atoms with van der Waals surface area (Å²) in [5.41, 5.74) is 0.243. The Balaban J connectivity index is 2.02. The van der Waals surface area contributed by atoms with E-state index in [4.69, 9.17) is 16.7 Å². The van der Waals surface area contributed by atoms with Gasteiger partial charge in [0.2, 0.25) is 10.0 Å². The highest BCUT2D eigenvalue weighted by atomic mass is 35.5. The number of amides is 1. The number of rotatable bonds is 5. The van der Waals surface area contributed by atoms with E-state index < -0.39 is 10.0 Å². The number of nitrogens with two attached hydrogens (primary N) is 1. The lowest BCUT2D eigenvalue weighted by molar-refractivity contribution is 0.0949. The van der Waals surface area contributed by atoms with Gasteiger partial charge in [0, 0.05) is 12.1 Å². The van der Waals surface area contributed by atoms with E-state index in [1.165, 1.54) is 37.5 Å². The van der Waals surface area contributed by atoms with Crippen molar-refractivity contribution in [2.45, 2.75) is 30.6 Å². The molecular formula is C13H17ClN2O3S. The Morgan fingerprint density at radius 1 is 1.40 bits per heavy atom. The molecule has 1 amide bonds. The number of benzene rings is 1. The Morgan fingerprint density at radius 3 is 2.65 bits per heavy atom. The van der Waals surface area contributed by atoms with Crippen LogP contribution in [0.2, 0.25) is 5.02 Å². The standard InChI is InChI=1S/C13H17ClN2O3S/c14-11-5-4-10(8-12(11)20(15,18)19)13(17)16-7-6-9-2-1-3-9/h4-5,8-9H,1-3,6-7H2,(H,16,17)(H2,15,18,19). The summed E-state index contributed by atoms with van der Waals surface area (Å²) < 4.78 is 22.7. The summed E-state index contributed by atoms with van der Waals surface area (Å²) >= 11 is 5.77. The zero-order valence-corrected chi connectivity index (χ0v) is 12.5. The molecule has 0 heterocycles. The van der Waals surface area contributed by atoms with Crippen LogP contribution in [0.25, 0.3) is 0 Å². The summed E-state index contributed by atoms with van der Waals surface area (Å²) in [6.07, 6.45) is 4.69. The van der Waals surface area contributed by atoms with Crippen molar-refractivity contribution in [3.8, 4) is 0 Å². The Morgan fingerprint density at radius 2 is 2.10 bits per heavy atom. The van der Waals surface area contributed by atoms with Gasteiger partial charge in [-0.05, 0) is 30.5 Å². The van der Waals surface area contributed by atoms with Crippen molar-refractivity contribution in [1.82, 2.24) is 5.32 Å². The van der Waals surface area contributed by atoms with Gasteiger partial charge in [0.05, 0.1) is 5.02 Å². The van der Waals surface area contributed by atoms with E-state index >= 15 is 0 Å². The third kappa shape index (κ3) is 3.71. The molecule has 3 N–H and O–H groups in total. The Labute approximate surface area is 123 Å². The van der Waals surface area contributed by atoms with Crippen LogP contribution in [0.1, 0.15) is 36.0 Å². The molecule has 20 heavy (non-hydrogen) atoms. The molecule has 0 spiro atoms. The maximum atomic E-state index is 11.9. The van der Waals surface area contributed by atoms with E-state index in [0.29, 0.717) is 12.5 Å². The van der Waals surface area contributed by atoms with Crippen molar-refractivity contribution >= 4 is 27.5 Å². The molecule has 0 atom stereocenters. The number of nitrogens with one attached hydrogen (secondary N) is 1. The minimum atomic E-state index is -3.93. The lowest BCUT2D eigenvalue weighted by atomic mass is 9.83. The number of hydrogen-bond acceptors (Lipinski definition) is 3. The molecule has 0 radical (unpaired) electrons. The maximum absolute atomic E-state index is 11.9. The Kier molecular flexibility index (Phi) is 4.67. The second-order valence-corrected chi connectivity index (χ2v) is 6.97. The van der Waals surface area contributed by atoms with Crippen LogP contribution in [-0.2, 0) is 10.0 Å². The van der Waals surface area contributed by atoms with Crippen molar-refractivity contribution in [1.29, 1.82) is 0 Å². The molecule has 1 aliphatic carbocycles. The Bertz CT molecular complexity index is 612. The number of primary sulfonamides is 1. The quantitative estimate of drug-likeness (QED) is 0.869. The van der Waals surface area contributed by atoms with Gasteiger partial charge in [-0.15, -0.1) is 0 Å². The van der Waals surface area contributed by atoms with Crippen LogP contribution in [-0.4, -0.2) is 20.9 Å². The van der Waals surface area contributed by atoms with Crippen LogP contribution in [0.5, 0.6) is 0 Å². The molecule has 0 bridgehead atoms. The summed E-state index contributed by atoms with van der Waals surface area (Å²) in [6.45, 7) is 0.594. The molecule has 1 aromatic carbocycles. The lowest BCUT2D eigenvalue weighted by Gasteiger charge is -2.25. The third-order valence-corrected chi connectivity index (χ3v) is 4.96. The van der Waals surface area contributed by atoms with Gasteiger partial charge in [-0.2, -0.15) is 0 Å². The van der Waals surface area contributed by atoms with Gasteiger partial charge in [-0.1, -0.05) is 30.9 Å². The number of sulfonamides is 1. The van der Waals surface area contributed by atoms with Gasteiger partial charge in [0.15, 0.2) is 0 Å². The summed E-state index contributed by atoms with van der Waals surface area (Å²) in [4.78, 5) is 11.7. The smallest absolute Gasteiger partial charge is 0.251 e. The molecule has 7 heteroatoms. The fourth-order valence-corrected chi connectivity index (χ4v) is 3.21. The van der Waals surface area contributed by atoms with Crippen molar-refractivity contribution < 1.29 is 13.2 Å². The third-order valence-electron chi connectivity index (χ3n) is 3.56. The summed E-state index contributed by atoms with van der Waals surface area (Å²) in [5.74, 6) is 0.395. The average Bonchev–Trinajstić information content (AvgIpc) is 2.31. The van der Waals surface area contributed by atoms with E-state index in [2.05, 4.69) is 5.32 Å². The van der Waals surface area contributed by atoms with Gasteiger partial charge in [0.1, 0.15) is 4.90 Å². The minimum Gasteiger partial charge on any atom is -0.352 e. The highest BCUT2D eigenvalue weighted by molar-refractivity contribution is 7.89. The summed E-state index contributed by atoms with van der Waals surface area (Å²) in [7, 11) is -3.93. The number of carbonyl (C=O) groups excluding carboxylic acids is 1. The molecule has 1 fully saturated rings. The highest BCUT2D eigenvalue weighted by Crippen LogP contribution is 2.28. The predicted molar refractivity (Wildman–Crippen MR) is 77.1 cm³/mol. The van der Waals surface area contributed by atoms with Crippen molar-refractivity contribution in [3.05, 3.63) is 28.8 Å². The molecule has 1 saturated carbocycles. The molecule has 1 aromatic rings. The lowest BCUT2D eigenvalue weighted by Crippen LogP contribution is -2.27. The van der Waals surface area contributed by atoms with E-state index in [-0.39, 0.29) is 21.4 Å². The van der Waals surface area contributed by atoms with E-state index in [9.17, 15) is 13.2 Å². The monoisotopic (exact) mass is 316 g/mol. The molecule has 110 valence electrons. The predicted octanol–water partition coefficient (Wildman–Crippen LogP) is 1.91. The van der Waals surface area contributed by atoms with E-state index in [0.717, 1.165) is 6.42 Å². The number of halogens is 1. The Hall–Kier alpha value is -1.11. The van der Waals surface area contributed by atoms with Gasteiger partial charge >= 0.3 is 0 Å². The highest BCUT2D eigenvalue weighted by Gasteiger charge is 2.18. The van der Waals surface area contributed by atoms with Crippen molar-refractivity contribution in [3.63, 3.8) is 0 Å². The van der Waals surface area contributed by atoms with Crippen LogP contribution in [0, 0.1) is 5.92 Å². The van der Waals surface area contributed by atoms with Gasteiger partial charge < -0.3 is 5.32 Å². The van der Waals surface area contributed by atoms with Crippen molar-refractivity contribution in [2.75, 3.05) is 6.54 Å². The van der Waals surface area contributed by atoms with E-state index in [1.54, 1.807) is 0 Å². The second kappa shape index (κ2) is 6.11. The topological polar surface area (TPSA) is 89.3 Å². The molecule has 1 aliphatic rings. The van der Waals surface area contributed by atoms with Crippen LogP contribution >= 0.6 is 11.6 Å². The largest absolute Gasteiger partial charge is 0.352 e. The summed E-state index contributed by atoms with van der Waals surface area (Å²) in [6, 6.07) is 4.05. The first-order valence-electron chi connectivity index (χ1n) is 6.48. The van der Waals surface area contributed by atoms with Crippen LogP contribution in [0.4, 0.5) is 0 Å². The number of carbonyl (C=O) groups is 1. The molecule has 0 unspecified atom stereocenters. The van der Waals surface area contributed by atoms with Crippen LogP contribution in [0.3, 0.4) is 0 Å². The number of hydrogen-bond donors (Lipinski definition) is 2. The SMILES string of the molecule is NS(=O)(=O)c1cc(C(=O)NCCC2CCC2)ccc1Cl. The van der Waals surface area contributed by atoms with Crippen LogP contribution in [0.15, 0.2) is 23.1 Å². The first-order valence-corrected chi connectivity index (χ1v) is 8.41. The van der Waals surface area contributed by atoms with E-state index in [1.807, 2.05) is 0 Å². The van der Waals surface area contributed by atoms with Crippen molar-refractivity contribution in [2.24, 2.45) is 11.1 Å². The molecule has 2 rings (SSSR count).